The van der Waals surface area contributed by atoms with Crippen LogP contribution in [0.4, 0.5) is 16.3 Å². The largest absolute Gasteiger partial charge is 0.465 e. The Morgan fingerprint density at radius 3 is 2.44 bits per heavy atom. The molecular weight excluding hydrogens is 406 g/mol. The Morgan fingerprint density at radius 2 is 1.62 bits per heavy atom. The van der Waals surface area contributed by atoms with Crippen molar-refractivity contribution >= 4 is 40.1 Å². The normalized spacial score (nSPS) is 14.0. The second-order valence-electron chi connectivity index (χ2n) is 7.63. The van der Waals surface area contributed by atoms with Crippen LogP contribution < -0.4 is 10.2 Å². The molecule has 0 bridgehead atoms. The van der Waals surface area contributed by atoms with Crippen molar-refractivity contribution in [2.45, 2.75) is 0 Å². The number of hydrogen-bond donors (Lipinski definition) is 1. The molecule has 2 aromatic heterocycles. The van der Waals surface area contributed by atoms with Gasteiger partial charge in [0.2, 0.25) is 0 Å². The van der Waals surface area contributed by atoms with Crippen LogP contribution in [0, 0.1) is 0 Å². The molecule has 1 fully saturated rings. The first-order valence-electron chi connectivity index (χ1n) is 10.5. The van der Waals surface area contributed by atoms with Gasteiger partial charge in [0.05, 0.1) is 34.9 Å². The lowest BCUT2D eigenvalue weighted by Gasteiger charge is -2.35. The minimum atomic E-state index is -0.482. The Labute approximate surface area is 185 Å². The van der Waals surface area contributed by atoms with E-state index in [0.717, 1.165) is 22.4 Å². The molecule has 0 atom stereocenters. The second-order valence-corrected chi connectivity index (χ2v) is 7.63. The molecule has 0 spiro atoms. The van der Waals surface area contributed by atoms with Crippen LogP contribution in [0.5, 0.6) is 0 Å². The molecule has 3 heterocycles. The van der Waals surface area contributed by atoms with E-state index in [1.165, 1.54) is 7.11 Å². The van der Waals surface area contributed by atoms with Crippen LogP contribution in [0.25, 0.3) is 16.6 Å². The van der Waals surface area contributed by atoms with Crippen LogP contribution in [0.15, 0.2) is 66.9 Å². The van der Waals surface area contributed by atoms with Gasteiger partial charge in [-0.1, -0.05) is 24.3 Å². The number of amides is 2. The highest BCUT2D eigenvalue weighted by atomic mass is 16.5. The number of carbonyl (C=O) groups excluding carboxylic acids is 2. The number of esters is 1. The lowest BCUT2D eigenvalue weighted by molar-refractivity contribution is 0.0602. The topological polar surface area (TPSA) is 79.2 Å². The molecule has 5 rings (SSSR count). The van der Waals surface area contributed by atoms with Crippen molar-refractivity contribution in [1.29, 1.82) is 0 Å². The molecule has 8 nitrogen and oxygen atoms in total. The zero-order chi connectivity index (χ0) is 22.1. The van der Waals surface area contributed by atoms with E-state index < -0.39 is 5.97 Å². The van der Waals surface area contributed by atoms with Crippen molar-refractivity contribution in [1.82, 2.24) is 14.3 Å². The van der Waals surface area contributed by atoms with Gasteiger partial charge < -0.3 is 24.3 Å². The van der Waals surface area contributed by atoms with Gasteiger partial charge in [-0.25, -0.2) is 14.6 Å². The summed E-state index contributed by atoms with van der Waals surface area (Å²) in [4.78, 5) is 33.7. The van der Waals surface area contributed by atoms with Gasteiger partial charge in [-0.3, -0.25) is 0 Å². The third kappa shape index (κ3) is 3.49. The molecule has 0 unspecified atom stereocenters. The SMILES string of the molecule is COC(=O)c1ccccc1NC(=O)N1CCN(c2nc3ccccc3n3cccc23)CC1. The molecule has 1 aliphatic heterocycles. The van der Waals surface area contributed by atoms with Gasteiger partial charge in [0.25, 0.3) is 0 Å². The quantitative estimate of drug-likeness (QED) is 0.503. The average molecular weight is 429 g/mol. The smallest absolute Gasteiger partial charge is 0.339 e. The van der Waals surface area contributed by atoms with Crippen LogP contribution in [-0.4, -0.2) is 59.6 Å². The Morgan fingerprint density at radius 1 is 0.906 bits per heavy atom. The molecule has 2 amide bonds. The molecule has 0 saturated carbocycles. The minimum absolute atomic E-state index is 0.236. The third-order valence-corrected chi connectivity index (χ3v) is 5.79. The molecule has 32 heavy (non-hydrogen) atoms. The van der Waals surface area contributed by atoms with Gasteiger partial charge in [0.15, 0.2) is 5.82 Å². The monoisotopic (exact) mass is 429 g/mol. The van der Waals surface area contributed by atoms with E-state index in [2.05, 4.69) is 26.8 Å². The molecule has 0 radical (unpaired) electrons. The molecule has 162 valence electrons. The first-order valence-corrected chi connectivity index (χ1v) is 10.5. The number of piperazine rings is 1. The number of urea groups is 1. The van der Waals surface area contributed by atoms with Gasteiger partial charge in [-0.2, -0.15) is 0 Å². The fourth-order valence-corrected chi connectivity index (χ4v) is 4.14. The van der Waals surface area contributed by atoms with Crippen molar-refractivity contribution in [2.75, 3.05) is 43.5 Å². The summed E-state index contributed by atoms with van der Waals surface area (Å²) in [5.74, 6) is 0.439. The number of nitrogens with one attached hydrogen (secondary N) is 1. The van der Waals surface area contributed by atoms with Gasteiger partial charge >= 0.3 is 12.0 Å². The van der Waals surface area contributed by atoms with E-state index >= 15 is 0 Å². The fourth-order valence-electron chi connectivity index (χ4n) is 4.14. The number of ether oxygens (including phenoxy) is 1. The number of para-hydroxylation sites is 3. The van der Waals surface area contributed by atoms with E-state index in [0.29, 0.717) is 37.4 Å². The van der Waals surface area contributed by atoms with Crippen LogP contribution in [0.3, 0.4) is 0 Å². The molecule has 4 aromatic rings. The summed E-state index contributed by atoms with van der Waals surface area (Å²) in [5.41, 5.74) is 3.83. The Balaban J connectivity index is 1.32. The van der Waals surface area contributed by atoms with Crippen LogP contribution >= 0.6 is 0 Å². The Hall–Kier alpha value is -4.07. The Bertz CT molecular complexity index is 1310. The van der Waals surface area contributed by atoms with Crippen molar-refractivity contribution in [2.24, 2.45) is 0 Å². The summed E-state index contributed by atoms with van der Waals surface area (Å²) < 4.78 is 6.96. The standard InChI is InChI=1S/C24H23N5O3/c1-32-23(30)17-7-2-3-8-18(17)26-24(31)28-15-13-27(14-16-28)22-21-11-6-12-29(21)20-10-5-4-9-19(20)25-22/h2-12H,13-16H2,1H3,(H,26,31). The van der Waals surface area contributed by atoms with E-state index in [1.54, 1.807) is 29.2 Å². The summed E-state index contributed by atoms with van der Waals surface area (Å²) in [6.07, 6.45) is 2.05. The van der Waals surface area contributed by atoms with Crippen LogP contribution in [-0.2, 0) is 4.74 Å². The first kappa shape index (κ1) is 19.9. The van der Waals surface area contributed by atoms with Crippen molar-refractivity contribution < 1.29 is 14.3 Å². The van der Waals surface area contributed by atoms with E-state index in [4.69, 9.17) is 9.72 Å². The predicted octanol–water partition coefficient (Wildman–Crippen LogP) is 3.63. The van der Waals surface area contributed by atoms with Gasteiger partial charge in [0.1, 0.15) is 0 Å². The second kappa shape index (κ2) is 8.22. The highest BCUT2D eigenvalue weighted by Gasteiger charge is 2.25. The number of rotatable bonds is 3. The van der Waals surface area contributed by atoms with Crippen LogP contribution in [0.1, 0.15) is 10.4 Å². The van der Waals surface area contributed by atoms with Gasteiger partial charge in [0, 0.05) is 32.4 Å². The summed E-state index contributed by atoms with van der Waals surface area (Å²) in [6, 6.07) is 18.8. The van der Waals surface area contributed by atoms with Crippen LogP contribution in [0.2, 0.25) is 0 Å². The number of methoxy groups -OCH3 is 1. The molecule has 1 aliphatic rings. The molecular formula is C24H23N5O3. The number of hydrogen-bond acceptors (Lipinski definition) is 5. The Kier molecular flexibility index (Phi) is 5.10. The van der Waals surface area contributed by atoms with Gasteiger partial charge in [-0.15, -0.1) is 0 Å². The molecule has 2 aromatic carbocycles. The zero-order valence-electron chi connectivity index (χ0n) is 17.7. The van der Waals surface area contributed by atoms with E-state index in [-0.39, 0.29) is 6.03 Å². The number of anilines is 2. The van der Waals surface area contributed by atoms with E-state index in [9.17, 15) is 9.59 Å². The minimum Gasteiger partial charge on any atom is -0.465 e. The molecule has 1 saturated heterocycles. The maximum Gasteiger partial charge on any atom is 0.339 e. The summed E-state index contributed by atoms with van der Waals surface area (Å²) in [6.45, 7) is 2.43. The van der Waals surface area contributed by atoms with Crippen molar-refractivity contribution in [3.63, 3.8) is 0 Å². The highest BCUT2D eigenvalue weighted by Crippen LogP contribution is 2.26. The predicted molar refractivity (Wildman–Crippen MR) is 123 cm³/mol. The first-order chi connectivity index (χ1) is 15.7. The third-order valence-electron chi connectivity index (χ3n) is 5.79. The summed E-state index contributed by atoms with van der Waals surface area (Å²) >= 11 is 0. The van der Waals surface area contributed by atoms with E-state index in [1.807, 2.05) is 30.5 Å². The average Bonchev–Trinajstić information content (AvgIpc) is 3.34. The number of aromatic nitrogens is 2. The van der Waals surface area contributed by atoms with Crippen molar-refractivity contribution in [3.05, 3.63) is 72.4 Å². The number of carbonyl (C=O) groups is 2. The number of nitrogens with zero attached hydrogens (tertiary/aromatic N) is 4. The van der Waals surface area contributed by atoms with Crippen molar-refractivity contribution in [3.8, 4) is 0 Å². The maximum atomic E-state index is 12.8. The summed E-state index contributed by atoms with van der Waals surface area (Å²) in [7, 11) is 1.32. The molecule has 0 aliphatic carbocycles. The van der Waals surface area contributed by atoms with Gasteiger partial charge in [-0.05, 0) is 36.4 Å². The highest BCUT2D eigenvalue weighted by molar-refractivity contribution is 6.00. The fraction of sp³-hybridized carbons (Fsp3) is 0.208. The molecule has 1 N–H and O–H groups in total. The lowest BCUT2D eigenvalue weighted by Crippen LogP contribution is -2.50. The molecule has 8 heteroatoms. The summed E-state index contributed by atoms with van der Waals surface area (Å²) in [5, 5.41) is 2.85. The number of fused-ring (bicyclic) bond motifs is 3. The maximum absolute atomic E-state index is 12.8. The lowest BCUT2D eigenvalue weighted by atomic mass is 10.2. The number of benzene rings is 2. The zero-order valence-corrected chi connectivity index (χ0v) is 17.7.